The van der Waals surface area contributed by atoms with E-state index in [1.54, 1.807) is 7.11 Å². The van der Waals surface area contributed by atoms with Gasteiger partial charge in [0.05, 0.1) is 6.10 Å². The van der Waals surface area contributed by atoms with Crippen LogP contribution in [0.2, 0.25) is 0 Å². The summed E-state index contributed by atoms with van der Waals surface area (Å²) in [7, 11) is 1.65. The van der Waals surface area contributed by atoms with Crippen LogP contribution in [-0.4, -0.2) is 24.9 Å². The molecule has 2 heteroatoms. The molecular formula is C12H18O2. The molecule has 0 fully saturated rings. The predicted molar refractivity (Wildman–Crippen MR) is 57.4 cm³/mol. The van der Waals surface area contributed by atoms with E-state index < -0.39 is 0 Å². The zero-order valence-electron chi connectivity index (χ0n) is 8.86. The third kappa shape index (κ3) is 3.90. The van der Waals surface area contributed by atoms with Crippen LogP contribution in [0.4, 0.5) is 0 Å². The van der Waals surface area contributed by atoms with Gasteiger partial charge in [-0.3, -0.25) is 0 Å². The van der Waals surface area contributed by atoms with Crippen LogP contribution in [0.5, 0.6) is 0 Å². The number of rotatable bonds is 5. The van der Waals surface area contributed by atoms with E-state index in [0.29, 0.717) is 19.4 Å². The van der Waals surface area contributed by atoms with Gasteiger partial charge in [-0.05, 0) is 25.3 Å². The van der Waals surface area contributed by atoms with Gasteiger partial charge in [0.1, 0.15) is 0 Å². The normalized spacial score (nSPS) is 12.8. The van der Waals surface area contributed by atoms with Crippen LogP contribution in [0.15, 0.2) is 24.3 Å². The molecule has 1 N–H and O–H groups in total. The lowest BCUT2D eigenvalue weighted by Crippen LogP contribution is -2.13. The summed E-state index contributed by atoms with van der Waals surface area (Å²) in [5, 5.41) is 9.64. The van der Waals surface area contributed by atoms with Crippen molar-refractivity contribution in [1.29, 1.82) is 0 Å². The van der Waals surface area contributed by atoms with E-state index in [4.69, 9.17) is 4.74 Å². The number of aryl methyl sites for hydroxylation is 1. The number of aliphatic hydroxyl groups is 1. The Kier molecular flexibility index (Phi) is 4.63. The molecule has 1 atom stereocenters. The first-order chi connectivity index (χ1) is 6.72. The van der Waals surface area contributed by atoms with Crippen molar-refractivity contribution in [2.45, 2.75) is 25.9 Å². The van der Waals surface area contributed by atoms with Gasteiger partial charge in [-0.1, -0.05) is 29.8 Å². The average molecular weight is 194 g/mol. The van der Waals surface area contributed by atoms with Gasteiger partial charge in [0, 0.05) is 13.7 Å². The van der Waals surface area contributed by atoms with E-state index in [1.807, 2.05) is 12.1 Å². The summed E-state index contributed by atoms with van der Waals surface area (Å²) in [5.74, 6) is 0. The summed E-state index contributed by atoms with van der Waals surface area (Å²) in [4.78, 5) is 0. The minimum Gasteiger partial charge on any atom is -0.393 e. The molecule has 0 saturated carbocycles. The van der Waals surface area contributed by atoms with Crippen molar-refractivity contribution in [1.82, 2.24) is 0 Å². The van der Waals surface area contributed by atoms with Gasteiger partial charge in [0.15, 0.2) is 0 Å². The van der Waals surface area contributed by atoms with Gasteiger partial charge in [0.2, 0.25) is 0 Å². The highest BCUT2D eigenvalue weighted by Crippen LogP contribution is 2.08. The fourth-order valence-electron chi connectivity index (χ4n) is 1.47. The number of ether oxygens (including phenoxy) is 1. The van der Waals surface area contributed by atoms with E-state index in [1.165, 1.54) is 11.1 Å². The lowest BCUT2D eigenvalue weighted by molar-refractivity contribution is 0.110. The van der Waals surface area contributed by atoms with E-state index in [0.717, 1.165) is 0 Å². The maximum absolute atomic E-state index is 9.64. The fourth-order valence-corrected chi connectivity index (χ4v) is 1.47. The van der Waals surface area contributed by atoms with Gasteiger partial charge < -0.3 is 9.84 Å². The average Bonchev–Trinajstić information content (AvgIpc) is 2.15. The molecule has 0 bridgehead atoms. The van der Waals surface area contributed by atoms with Crippen molar-refractivity contribution in [2.24, 2.45) is 0 Å². The molecule has 14 heavy (non-hydrogen) atoms. The molecule has 0 aliphatic rings. The van der Waals surface area contributed by atoms with Crippen LogP contribution in [0.3, 0.4) is 0 Å². The highest BCUT2D eigenvalue weighted by atomic mass is 16.5. The Morgan fingerprint density at radius 1 is 1.43 bits per heavy atom. The molecule has 0 aliphatic heterocycles. The molecule has 0 radical (unpaired) electrons. The first-order valence-electron chi connectivity index (χ1n) is 4.95. The Hall–Kier alpha value is -0.860. The first kappa shape index (κ1) is 11.2. The van der Waals surface area contributed by atoms with Crippen LogP contribution in [0, 0.1) is 6.92 Å². The van der Waals surface area contributed by atoms with E-state index >= 15 is 0 Å². The Bertz CT molecular complexity index is 271. The van der Waals surface area contributed by atoms with Crippen molar-refractivity contribution >= 4 is 0 Å². The molecule has 0 amide bonds. The smallest absolute Gasteiger partial charge is 0.0602 e. The van der Waals surface area contributed by atoms with E-state index in [-0.39, 0.29) is 6.10 Å². The fraction of sp³-hybridized carbons (Fsp3) is 0.500. The van der Waals surface area contributed by atoms with Crippen LogP contribution < -0.4 is 0 Å². The number of hydrogen-bond donors (Lipinski definition) is 1. The summed E-state index contributed by atoms with van der Waals surface area (Å²) in [6.45, 7) is 2.68. The molecular weight excluding hydrogens is 176 g/mol. The molecule has 1 aromatic carbocycles. The topological polar surface area (TPSA) is 29.5 Å². The summed E-state index contributed by atoms with van der Waals surface area (Å²) in [5.41, 5.74) is 2.43. The molecule has 1 aromatic rings. The van der Waals surface area contributed by atoms with Gasteiger partial charge in [0.25, 0.3) is 0 Å². The minimum atomic E-state index is -0.295. The largest absolute Gasteiger partial charge is 0.393 e. The van der Waals surface area contributed by atoms with Crippen LogP contribution >= 0.6 is 0 Å². The third-order valence-corrected chi connectivity index (χ3v) is 2.21. The predicted octanol–water partition coefficient (Wildman–Crippen LogP) is 1.93. The standard InChI is InChI=1S/C12H18O2/c1-10-4-3-5-11(8-10)9-12(13)6-7-14-2/h3-5,8,12-13H,6-7,9H2,1-2H3. The Morgan fingerprint density at radius 3 is 2.86 bits per heavy atom. The second-order valence-electron chi connectivity index (χ2n) is 3.63. The molecule has 0 aromatic heterocycles. The molecule has 1 rings (SSSR count). The third-order valence-electron chi connectivity index (χ3n) is 2.21. The second-order valence-corrected chi connectivity index (χ2v) is 3.63. The van der Waals surface area contributed by atoms with Gasteiger partial charge in [-0.2, -0.15) is 0 Å². The number of benzene rings is 1. The van der Waals surface area contributed by atoms with Crippen molar-refractivity contribution < 1.29 is 9.84 Å². The maximum atomic E-state index is 9.64. The quantitative estimate of drug-likeness (QED) is 0.776. The molecule has 1 unspecified atom stereocenters. The van der Waals surface area contributed by atoms with Crippen molar-refractivity contribution in [3.05, 3.63) is 35.4 Å². The van der Waals surface area contributed by atoms with Crippen LogP contribution in [-0.2, 0) is 11.2 Å². The molecule has 0 heterocycles. The minimum absolute atomic E-state index is 0.295. The first-order valence-corrected chi connectivity index (χ1v) is 4.95. The van der Waals surface area contributed by atoms with Gasteiger partial charge in [-0.15, -0.1) is 0 Å². The zero-order valence-corrected chi connectivity index (χ0v) is 8.86. The van der Waals surface area contributed by atoms with Crippen LogP contribution in [0.1, 0.15) is 17.5 Å². The van der Waals surface area contributed by atoms with Gasteiger partial charge >= 0.3 is 0 Å². The van der Waals surface area contributed by atoms with E-state index in [9.17, 15) is 5.11 Å². The molecule has 0 spiro atoms. The lowest BCUT2D eigenvalue weighted by atomic mass is 10.0. The molecule has 2 nitrogen and oxygen atoms in total. The number of methoxy groups -OCH3 is 1. The Morgan fingerprint density at radius 2 is 2.21 bits per heavy atom. The Labute approximate surface area is 85.5 Å². The molecule has 0 saturated heterocycles. The molecule has 78 valence electrons. The van der Waals surface area contributed by atoms with Crippen molar-refractivity contribution in [2.75, 3.05) is 13.7 Å². The highest BCUT2D eigenvalue weighted by molar-refractivity contribution is 5.22. The zero-order chi connectivity index (χ0) is 10.4. The molecule has 0 aliphatic carbocycles. The summed E-state index contributed by atoms with van der Waals surface area (Å²) in [6, 6.07) is 8.23. The van der Waals surface area contributed by atoms with E-state index in [2.05, 4.69) is 19.1 Å². The monoisotopic (exact) mass is 194 g/mol. The van der Waals surface area contributed by atoms with Crippen molar-refractivity contribution in [3.8, 4) is 0 Å². The maximum Gasteiger partial charge on any atom is 0.0602 e. The lowest BCUT2D eigenvalue weighted by Gasteiger charge is -2.10. The summed E-state index contributed by atoms with van der Waals surface area (Å²) >= 11 is 0. The second kappa shape index (κ2) is 5.78. The number of hydrogen-bond acceptors (Lipinski definition) is 2. The number of aliphatic hydroxyl groups excluding tert-OH is 1. The highest BCUT2D eigenvalue weighted by Gasteiger charge is 2.04. The van der Waals surface area contributed by atoms with Gasteiger partial charge in [-0.25, -0.2) is 0 Å². The van der Waals surface area contributed by atoms with Crippen LogP contribution in [0.25, 0.3) is 0 Å². The SMILES string of the molecule is COCCC(O)Cc1cccc(C)c1. The summed E-state index contributed by atoms with van der Waals surface area (Å²) < 4.78 is 4.91. The van der Waals surface area contributed by atoms with Crippen molar-refractivity contribution in [3.63, 3.8) is 0 Å². The summed E-state index contributed by atoms with van der Waals surface area (Å²) in [6.07, 6.45) is 1.12. The Balaban J connectivity index is 2.43.